The smallest absolute Gasteiger partial charge is 0.0342 e. The van der Waals surface area contributed by atoms with Gasteiger partial charge in [0.1, 0.15) is 0 Å². The first-order valence-electron chi connectivity index (χ1n) is 4.90. The summed E-state index contributed by atoms with van der Waals surface area (Å²) >= 11 is 5.91. The average molecular weight is 190 g/mol. The summed E-state index contributed by atoms with van der Waals surface area (Å²) in [6.45, 7) is 6.98. The van der Waals surface area contributed by atoms with Gasteiger partial charge in [0.05, 0.1) is 0 Å². The van der Waals surface area contributed by atoms with E-state index in [1.807, 2.05) is 0 Å². The van der Waals surface area contributed by atoms with E-state index in [4.69, 9.17) is 11.6 Å². The molecule has 0 saturated heterocycles. The van der Waals surface area contributed by atoms with E-state index in [9.17, 15) is 0 Å². The van der Waals surface area contributed by atoms with Gasteiger partial charge in [-0.1, -0.05) is 13.8 Å². The number of nitrogens with zero attached hydrogens (tertiary/aromatic N) is 1. The minimum absolute atomic E-state index is 0.474. The third-order valence-electron chi connectivity index (χ3n) is 2.42. The molecule has 0 aromatic heterocycles. The normalized spacial score (nSPS) is 29.5. The second kappa shape index (κ2) is 4.48. The van der Waals surface area contributed by atoms with Crippen LogP contribution in [0.4, 0.5) is 0 Å². The zero-order chi connectivity index (χ0) is 9.14. The van der Waals surface area contributed by atoms with Crippen LogP contribution in [-0.2, 0) is 0 Å². The maximum atomic E-state index is 5.91. The monoisotopic (exact) mass is 189 g/mol. The highest BCUT2D eigenvalue weighted by Gasteiger charge is 2.27. The molecule has 0 unspecified atom stereocenters. The van der Waals surface area contributed by atoms with E-state index in [1.54, 1.807) is 0 Å². The summed E-state index contributed by atoms with van der Waals surface area (Å²) in [5, 5.41) is 0.474. The van der Waals surface area contributed by atoms with E-state index in [-0.39, 0.29) is 0 Å². The Morgan fingerprint density at radius 3 is 2.42 bits per heavy atom. The summed E-state index contributed by atoms with van der Waals surface area (Å²) in [5.41, 5.74) is 0. The Morgan fingerprint density at radius 2 is 2.00 bits per heavy atom. The van der Waals surface area contributed by atoms with Crippen LogP contribution in [-0.4, -0.2) is 30.4 Å². The fourth-order valence-corrected chi connectivity index (χ4v) is 2.45. The molecule has 0 N–H and O–H groups in total. The molecule has 0 radical (unpaired) electrons. The van der Waals surface area contributed by atoms with E-state index in [0.717, 1.165) is 11.8 Å². The van der Waals surface area contributed by atoms with Crippen molar-refractivity contribution in [2.45, 2.75) is 32.1 Å². The first kappa shape index (κ1) is 10.3. The molecule has 0 amide bonds. The van der Waals surface area contributed by atoms with Gasteiger partial charge >= 0.3 is 0 Å². The minimum Gasteiger partial charge on any atom is -0.306 e. The minimum atomic E-state index is 0.474. The molecule has 12 heavy (non-hydrogen) atoms. The summed E-state index contributed by atoms with van der Waals surface area (Å²) in [6.07, 6.45) is 2.45. The maximum Gasteiger partial charge on any atom is 0.0342 e. The van der Waals surface area contributed by atoms with Crippen molar-refractivity contribution < 1.29 is 0 Å². The van der Waals surface area contributed by atoms with Crippen molar-refractivity contribution in [1.82, 2.24) is 4.90 Å². The highest BCUT2D eigenvalue weighted by molar-refractivity contribution is 6.21. The van der Waals surface area contributed by atoms with Gasteiger partial charge in [-0.2, -0.15) is 0 Å². The number of rotatable bonds is 4. The number of halogens is 1. The summed E-state index contributed by atoms with van der Waals surface area (Å²) in [7, 11) is 2.21. The van der Waals surface area contributed by atoms with Crippen LogP contribution in [0.2, 0.25) is 0 Å². The van der Waals surface area contributed by atoms with Crippen molar-refractivity contribution in [3.05, 3.63) is 0 Å². The molecule has 1 fully saturated rings. The Morgan fingerprint density at radius 1 is 1.42 bits per heavy atom. The molecule has 0 aliphatic heterocycles. The SMILES string of the molecule is CC(C)CN(C)CC1CC(Cl)C1. The van der Waals surface area contributed by atoms with E-state index in [0.29, 0.717) is 5.38 Å². The van der Waals surface area contributed by atoms with Crippen LogP contribution in [0, 0.1) is 11.8 Å². The molecule has 0 heterocycles. The van der Waals surface area contributed by atoms with Gasteiger partial charge in [-0.05, 0) is 31.7 Å². The molecule has 0 aromatic rings. The van der Waals surface area contributed by atoms with Crippen LogP contribution in [0.1, 0.15) is 26.7 Å². The molecule has 72 valence electrons. The third-order valence-corrected chi connectivity index (χ3v) is 2.78. The highest BCUT2D eigenvalue weighted by Crippen LogP contribution is 2.32. The van der Waals surface area contributed by atoms with Gasteiger partial charge in [-0.3, -0.25) is 0 Å². The van der Waals surface area contributed by atoms with E-state index >= 15 is 0 Å². The first-order valence-corrected chi connectivity index (χ1v) is 5.34. The molecule has 1 rings (SSSR count). The molecular weight excluding hydrogens is 170 g/mol. The van der Waals surface area contributed by atoms with Gasteiger partial charge in [0, 0.05) is 18.5 Å². The van der Waals surface area contributed by atoms with Crippen molar-refractivity contribution in [1.29, 1.82) is 0 Å². The van der Waals surface area contributed by atoms with Crippen LogP contribution in [0.25, 0.3) is 0 Å². The molecule has 1 saturated carbocycles. The predicted octanol–water partition coefficient (Wildman–Crippen LogP) is 2.59. The number of hydrogen-bond acceptors (Lipinski definition) is 1. The fourth-order valence-electron chi connectivity index (χ4n) is 1.94. The van der Waals surface area contributed by atoms with Gasteiger partial charge in [0.2, 0.25) is 0 Å². The lowest BCUT2D eigenvalue weighted by atomic mass is 9.84. The van der Waals surface area contributed by atoms with Crippen molar-refractivity contribution in [2.24, 2.45) is 11.8 Å². The zero-order valence-electron chi connectivity index (χ0n) is 8.39. The Hall–Kier alpha value is 0.250. The first-order chi connectivity index (χ1) is 5.58. The van der Waals surface area contributed by atoms with Crippen LogP contribution in [0.15, 0.2) is 0 Å². The second-order valence-electron chi connectivity index (χ2n) is 4.55. The Bertz CT molecular complexity index is 130. The van der Waals surface area contributed by atoms with Crippen molar-refractivity contribution in [2.75, 3.05) is 20.1 Å². The Kier molecular flexibility index (Phi) is 3.85. The fraction of sp³-hybridized carbons (Fsp3) is 1.00. The lowest BCUT2D eigenvalue weighted by Gasteiger charge is -2.34. The molecule has 0 aromatic carbocycles. The van der Waals surface area contributed by atoms with Crippen LogP contribution in [0.3, 0.4) is 0 Å². The van der Waals surface area contributed by atoms with Gasteiger partial charge in [0.25, 0.3) is 0 Å². The Labute approximate surface area is 81.1 Å². The average Bonchev–Trinajstić information content (AvgIpc) is 1.82. The van der Waals surface area contributed by atoms with Crippen LogP contribution in [0.5, 0.6) is 0 Å². The van der Waals surface area contributed by atoms with Crippen molar-refractivity contribution in [3.63, 3.8) is 0 Å². The van der Waals surface area contributed by atoms with Crippen LogP contribution < -0.4 is 0 Å². The molecule has 2 heteroatoms. The zero-order valence-corrected chi connectivity index (χ0v) is 9.14. The number of hydrogen-bond donors (Lipinski definition) is 0. The van der Waals surface area contributed by atoms with Gasteiger partial charge in [-0.15, -0.1) is 11.6 Å². The summed E-state index contributed by atoms with van der Waals surface area (Å²) in [5.74, 6) is 1.65. The van der Waals surface area contributed by atoms with Crippen molar-refractivity contribution >= 4 is 11.6 Å². The quantitative estimate of drug-likeness (QED) is 0.615. The predicted molar refractivity (Wildman–Crippen MR) is 54.7 cm³/mol. The standard InChI is InChI=1S/C10H20ClN/c1-8(2)6-12(3)7-9-4-10(11)5-9/h8-10H,4-7H2,1-3H3. The molecule has 1 aliphatic carbocycles. The molecule has 0 bridgehead atoms. The maximum absolute atomic E-state index is 5.91. The number of alkyl halides is 1. The molecule has 0 atom stereocenters. The Balaban J connectivity index is 2.06. The summed E-state index contributed by atoms with van der Waals surface area (Å²) < 4.78 is 0. The summed E-state index contributed by atoms with van der Waals surface area (Å²) in [4.78, 5) is 2.43. The third kappa shape index (κ3) is 3.32. The highest BCUT2D eigenvalue weighted by atomic mass is 35.5. The summed E-state index contributed by atoms with van der Waals surface area (Å²) in [6, 6.07) is 0. The van der Waals surface area contributed by atoms with E-state index < -0.39 is 0 Å². The lowest BCUT2D eigenvalue weighted by Crippen LogP contribution is -2.36. The van der Waals surface area contributed by atoms with Gasteiger partial charge in [0.15, 0.2) is 0 Å². The molecule has 0 spiro atoms. The lowest BCUT2D eigenvalue weighted by molar-refractivity contribution is 0.195. The van der Waals surface area contributed by atoms with E-state index in [1.165, 1.54) is 25.9 Å². The van der Waals surface area contributed by atoms with Gasteiger partial charge in [-0.25, -0.2) is 0 Å². The molecule has 1 aliphatic rings. The van der Waals surface area contributed by atoms with Gasteiger partial charge < -0.3 is 4.90 Å². The molecular formula is C10H20ClN. The largest absolute Gasteiger partial charge is 0.306 e. The topological polar surface area (TPSA) is 3.24 Å². The van der Waals surface area contributed by atoms with Crippen molar-refractivity contribution in [3.8, 4) is 0 Å². The van der Waals surface area contributed by atoms with E-state index in [2.05, 4.69) is 25.8 Å². The van der Waals surface area contributed by atoms with Crippen LogP contribution >= 0.6 is 11.6 Å². The second-order valence-corrected chi connectivity index (χ2v) is 5.17. The molecule has 1 nitrogen and oxygen atoms in total.